The zero-order valence-electron chi connectivity index (χ0n) is 17.3. The van der Waals surface area contributed by atoms with Crippen molar-refractivity contribution in [2.45, 2.75) is 44.8 Å². The van der Waals surface area contributed by atoms with Crippen molar-refractivity contribution >= 4 is 17.2 Å². The van der Waals surface area contributed by atoms with E-state index in [2.05, 4.69) is 32.4 Å². The van der Waals surface area contributed by atoms with Gasteiger partial charge >= 0.3 is 0 Å². The fourth-order valence-electron chi connectivity index (χ4n) is 4.56. The number of nitrogens with one attached hydrogen (secondary N) is 1. The number of amides is 1. The predicted octanol–water partition coefficient (Wildman–Crippen LogP) is 3.15. The molecule has 7 nitrogen and oxygen atoms in total. The van der Waals surface area contributed by atoms with Crippen LogP contribution in [-0.2, 0) is 19.5 Å². The minimum atomic E-state index is -0.0577. The van der Waals surface area contributed by atoms with Gasteiger partial charge in [0.1, 0.15) is 5.82 Å². The van der Waals surface area contributed by atoms with Crippen molar-refractivity contribution in [1.82, 2.24) is 24.8 Å². The highest BCUT2D eigenvalue weighted by Gasteiger charge is 2.30. The van der Waals surface area contributed by atoms with E-state index < -0.39 is 0 Å². The number of hydrogen-bond donors (Lipinski definition) is 1. The van der Waals surface area contributed by atoms with Gasteiger partial charge < -0.3 is 9.88 Å². The highest BCUT2D eigenvalue weighted by molar-refractivity contribution is 7.09. The molecule has 0 saturated carbocycles. The van der Waals surface area contributed by atoms with Crippen LogP contribution in [0.3, 0.4) is 0 Å². The first-order valence-electron chi connectivity index (χ1n) is 10.8. The van der Waals surface area contributed by atoms with Crippen LogP contribution in [0.15, 0.2) is 46.8 Å². The van der Waals surface area contributed by atoms with E-state index in [1.807, 2.05) is 0 Å². The first-order chi connectivity index (χ1) is 15.2. The maximum Gasteiger partial charge on any atom is 0.254 e. The number of likely N-dealkylation sites (tertiary alicyclic amines) is 1. The molecule has 2 aliphatic rings. The first-order valence-corrected chi connectivity index (χ1v) is 11.6. The SMILES string of the molecule is O=C(c1ccncc1)N1CCc2c(nc(C3CCCCN3Cc3cccs3)[nH]c2=O)C1. The number of nitrogens with zero attached hydrogens (tertiary/aromatic N) is 4. The van der Waals surface area contributed by atoms with Gasteiger partial charge in [0.25, 0.3) is 11.5 Å². The van der Waals surface area contributed by atoms with Gasteiger partial charge in [-0.05, 0) is 49.4 Å². The lowest BCUT2D eigenvalue weighted by molar-refractivity contribution is 0.0729. The molecule has 0 radical (unpaired) electrons. The Labute approximate surface area is 184 Å². The molecular weight excluding hydrogens is 410 g/mol. The summed E-state index contributed by atoms with van der Waals surface area (Å²) in [5, 5.41) is 2.10. The van der Waals surface area contributed by atoms with E-state index in [0.717, 1.165) is 43.9 Å². The standard InChI is InChI=1S/C23H25N5O2S/c29-22-18-8-12-28(23(30)16-6-9-24-10-7-16)15-19(18)25-21(26-22)20-5-1-2-11-27(20)14-17-4-3-13-31-17/h3-4,6-7,9-10,13,20H,1-2,5,8,11-12,14-15H2,(H,25,26,29). The second-order valence-corrected chi connectivity index (χ2v) is 9.18. The molecule has 1 saturated heterocycles. The minimum Gasteiger partial charge on any atom is -0.332 e. The third kappa shape index (κ3) is 4.18. The van der Waals surface area contributed by atoms with Gasteiger partial charge in [0.15, 0.2) is 0 Å². The molecule has 31 heavy (non-hydrogen) atoms. The summed E-state index contributed by atoms with van der Waals surface area (Å²) in [7, 11) is 0. The molecule has 3 aromatic heterocycles. The Balaban J connectivity index is 1.41. The van der Waals surface area contributed by atoms with Crippen molar-refractivity contribution < 1.29 is 4.79 Å². The molecule has 0 aromatic carbocycles. The van der Waals surface area contributed by atoms with Gasteiger partial charge in [0, 0.05) is 41.5 Å². The van der Waals surface area contributed by atoms with Crippen molar-refractivity contribution in [3.8, 4) is 0 Å². The molecule has 5 rings (SSSR count). The zero-order valence-corrected chi connectivity index (χ0v) is 18.1. The van der Waals surface area contributed by atoms with E-state index in [4.69, 9.17) is 4.98 Å². The summed E-state index contributed by atoms with van der Waals surface area (Å²) >= 11 is 1.76. The number of aromatic nitrogens is 3. The highest BCUT2D eigenvalue weighted by Crippen LogP contribution is 2.31. The number of thiophene rings is 1. The van der Waals surface area contributed by atoms with Gasteiger partial charge in [-0.3, -0.25) is 19.5 Å². The molecule has 1 fully saturated rings. The molecule has 3 aromatic rings. The maximum absolute atomic E-state index is 12.9. The molecule has 1 atom stereocenters. The summed E-state index contributed by atoms with van der Waals surface area (Å²) in [6.07, 6.45) is 7.03. The number of carbonyl (C=O) groups excluding carboxylic acids is 1. The Bertz CT molecular complexity index is 1110. The fourth-order valence-corrected chi connectivity index (χ4v) is 5.29. The molecule has 2 aliphatic heterocycles. The Morgan fingerprint density at radius 1 is 1.19 bits per heavy atom. The topological polar surface area (TPSA) is 82.2 Å². The van der Waals surface area contributed by atoms with Crippen LogP contribution >= 0.6 is 11.3 Å². The van der Waals surface area contributed by atoms with Gasteiger partial charge in [-0.2, -0.15) is 0 Å². The predicted molar refractivity (Wildman–Crippen MR) is 119 cm³/mol. The van der Waals surface area contributed by atoms with E-state index in [1.165, 1.54) is 4.88 Å². The van der Waals surface area contributed by atoms with Crippen molar-refractivity contribution in [1.29, 1.82) is 0 Å². The first kappa shape index (κ1) is 20.1. The summed E-state index contributed by atoms with van der Waals surface area (Å²) in [5.74, 6) is 0.687. The second kappa shape index (κ2) is 8.72. The van der Waals surface area contributed by atoms with E-state index in [9.17, 15) is 9.59 Å². The van der Waals surface area contributed by atoms with Crippen molar-refractivity contribution in [3.05, 3.63) is 79.9 Å². The average Bonchev–Trinajstić information content (AvgIpc) is 3.32. The number of H-pyrrole nitrogens is 1. The molecule has 8 heteroatoms. The zero-order chi connectivity index (χ0) is 21.2. The van der Waals surface area contributed by atoms with Crippen molar-refractivity contribution in [2.24, 2.45) is 0 Å². The number of aromatic amines is 1. The van der Waals surface area contributed by atoms with Crippen LogP contribution in [0.4, 0.5) is 0 Å². The smallest absolute Gasteiger partial charge is 0.254 e. The lowest BCUT2D eigenvalue weighted by Crippen LogP contribution is -2.41. The van der Waals surface area contributed by atoms with Crippen molar-refractivity contribution in [2.75, 3.05) is 13.1 Å². The number of rotatable bonds is 4. The lowest BCUT2D eigenvalue weighted by Gasteiger charge is -2.35. The third-order valence-electron chi connectivity index (χ3n) is 6.17. The molecule has 1 N–H and O–H groups in total. The number of hydrogen-bond acceptors (Lipinski definition) is 6. The van der Waals surface area contributed by atoms with Gasteiger partial charge in [-0.1, -0.05) is 12.5 Å². The normalized spacial score (nSPS) is 19.2. The molecule has 5 heterocycles. The van der Waals surface area contributed by atoms with Crippen LogP contribution in [0.1, 0.15) is 57.6 Å². The number of pyridine rings is 1. The van der Waals surface area contributed by atoms with Gasteiger partial charge in [0.05, 0.1) is 18.3 Å². The third-order valence-corrected chi connectivity index (χ3v) is 7.04. The minimum absolute atomic E-state index is 0.0475. The van der Waals surface area contributed by atoms with E-state index in [-0.39, 0.29) is 17.5 Å². The summed E-state index contributed by atoms with van der Waals surface area (Å²) < 4.78 is 0. The van der Waals surface area contributed by atoms with Gasteiger partial charge in [-0.25, -0.2) is 4.98 Å². The average molecular weight is 436 g/mol. The van der Waals surface area contributed by atoms with Crippen molar-refractivity contribution in [3.63, 3.8) is 0 Å². The molecule has 0 spiro atoms. The molecule has 1 unspecified atom stereocenters. The molecule has 0 bridgehead atoms. The number of fused-ring (bicyclic) bond motifs is 1. The fraction of sp³-hybridized carbons (Fsp3) is 0.391. The summed E-state index contributed by atoms with van der Waals surface area (Å²) in [6.45, 7) is 2.75. The second-order valence-electron chi connectivity index (χ2n) is 8.15. The number of carbonyl (C=O) groups is 1. The summed E-state index contributed by atoms with van der Waals surface area (Å²) in [5.41, 5.74) is 1.99. The molecule has 160 valence electrons. The number of piperidine rings is 1. The quantitative estimate of drug-likeness (QED) is 0.681. The largest absolute Gasteiger partial charge is 0.332 e. The van der Waals surface area contributed by atoms with Crippen LogP contribution in [0.25, 0.3) is 0 Å². The van der Waals surface area contributed by atoms with E-state index in [0.29, 0.717) is 30.6 Å². The highest BCUT2D eigenvalue weighted by atomic mass is 32.1. The van der Waals surface area contributed by atoms with Crippen LogP contribution in [-0.4, -0.2) is 43.7 Å². The monoisotopic (exact) mass is 435 g/mol. The lowest BCUT2D eigenvalue weighted by atomic mass is 10.00. The summed E-state index contributed by atoms with van der Waals surface area (Å²) in [4.78, 5) is 43.2. The van der Waals surface area contributed by atoms with Gasteiger partial charge in [-0.15, -0.1) is 11.3 Å². The molecule has 0 aliphatic carbocycles. The Hall–Kier alpha value is -2.84. The van der Waals surface area contributed by atoms with Crippen LogP contribution in [0.5, 0.6) is 0 Å². The van der Waals surface area contributed by atoms with E-state index >= 15 is 0 Å². The van der Waals surface area contributed by atoms with Crippen LogP contribution < -0.4 is 5.56 Å². The Kier molecular flexibility index (Phi) is 5.65. The van der Waals surface area contributed by atoms with Gasteiger partial charge in [0.2, 0.25) is 0 Å². The van der Waals surface area contributed by atoms with Crippen LogP contribution in [0, 0.1) is 0 Å². The maximum atomic E-state index is 12.9. The Morgan fingerprint density at radius 3 is 2.87 bits per heavy atom. The van der Waals surface area contributed by atoms with E-state index in [1.54, 1.807) is 40.8 Å². The molecular formula is C23H25N5O2S. The Morgan fingerprint density at radius 2 is 2.06 bits per heavy atom. The molecule has 1 amide bonds. The summed E-state index contributed by atoms with van der Waals surface area (Å²) in [6, 6.07) is 7.77. The van der Waals surface area contributed by atoms with Crippen LogP contribution in [0.2, 0.25) is 0 Å².